The highest BCUT2D eigenvalue weighted by atomic mass is 16.7. The molecule has 2 nitrogen and oxygen atoms in total. The van der Waals surface area contributed by atoms with E-state index < -0.39 is 0 Å². The summed E-state index contributed by atoms with van der Waals surface area (Å²) < 4.78 is 11.2. The molecule has 0 fully saturated rings. The minimum atomic E-state index is -0.0881. The van der Waals surface area contributed by atoms with Crippen LogP contribution in [0.5, 0.6) is 5.75 Å². The van der Waals surface area contributed by atoms with Crippen LogP contribution in [0.2, 0.25) is 0 Å². The third kappa shape index (κ3) is 1.68. The smallest absolute Gasteiger partial charge is 0.202 e. The van der Waals surface area contributed by atoms with Gasteiger partial charge in [-0.15, -0.1) is 0 Å². The first-order valence-corrected chi connectivity index (χ1v) is 4.63. The van der Waals surface area contributed by atoms with Gasteiger partial charge in [0.2, 0.25) is 6.29 Å². The van der Waals surface area contributed by atoms with Crippen LogP contribution in [-0.2, 0) is 11.3 Å². The van der Waals surface area contributed by atoms with Crippen molar-refractivity contribution in [2.24, 2.45) is 5.92 Å². The summed E-state index contributed by atoms with van der Waals surface area (Å²) in [5, 5.41) is 0. The van der Waals surface area contributed by atoms with Crippen molar-refractivity contribution in [2.75, 3.05) is 0 Å². The Hall–Kier alpha value is -1.02. The molecule has 1 aromatic carbocycles. The van der Waals surface area contributed by atoms with Crippen LogP contribution >= 0.6 is 0 Å². The SMILES string of the molecule is CC(C)C1OCc2ccccc2O1. The summed E-state index contributed by atoms with van der Waals surface area (Å²) >= 11 is 0. The Morgan fingerprint density at radius 2 is 2.08 bits per heavy atom. The zero-order valence-electron chi connectivity index (χ0n) is 7.99. The van der Waals surface area contributed by atoms with Gasteiger partial charge in [-0.25, -0.2) is 0 Å². The maximum Gasteiger partial charge on any atom is 0.202 e. The summed E-state index contributed by atoms with van der Waals surface area (Å²) in [5.41, 5.74) is 1.14. The van der Waals surface area contributed by atoms with Crippen LogP contribution in [0.15, 0.2) is 24.3 Å². The second-order valence-electron chi connectivity index (χ2n) is 3.65. The van der Waals surface area contributed by atoms with E-state index in [1.807, 2.05) is 24.3 Å². The van der Waals surface area contributed by atoms with Gasteiger partial charge in [0.1, 0.15) is 5.75 Å². The van der Waals surface area contributed by atoms with E-state index in [1.54, 1.807) is 0 Å². The van der Waals surface area contributed by atoms with Gasteiger partial charge in [0.25, 0.3) is 0 Å². The van der Waals surface area contributed by atoms with E-state index in [0.29, 0.717) is 12.5 Å². The van der Waals surface area contributed by atoms with Crippen LogP contribution < -0.4 is 4.74 Å². The molecule has 1 aliphatic rings. The van der Waals surface area contributed by atoms with E-state index in [4.69, 9.17) is 9.47 Å². The molecule has 2 rings (SSSR count). The number of para-hydroxylation sites is 1. The average molecular weight is 178 g/mol. The van der Waals surface area contributed by atoms with Crippen molar-refractivity contribution in [2.45, 2.75) is 26.7 Å². The van der Waals surface area contributed by atoms with Crippen molar-refractivity contribution in [3.05, 3.63) is 29.8 Å². The maximum atomic E-state index is 5.67. The van der Waals surface area contributed by atoms with Gasteiger partial charge >= 0.3 is 0 Å². The predicted molar refractivity (Wildman–Crippen MR) is 50.5 cm³/mol. The molecular weight excluding hydrogens is 164 g/mol. The minimum Gasteiger partial charge on any atom is -0.464 e. The van der Waals surface area contributed by atoms with Crippen molar-refractivity contribution in [1.82, 2.24) is 0 Å². The Balaban J connectivity index is 2.20. The molecule has 1 aromatic rings. The fourth-order valence-electron chi connectivity index (χ4n) is 1.40. The molecule has 70 valence electrons. The molecule has 0 N–H and O–H groups in total. The Bertz CT molecular complexity index is 294. The van der Waals surface area contributed by atoms with Gasteiger partial charge in [-0.3, -0.25) is 0 Å². The first-order chi connectivity index (χ1) is 6.27. The molecule has 0 saturated carbocycles. The third-order valence-electron chi connectivity index (χ3n) is 2.16. The van der Waals surface area contributed by atoms with Gasteiger partial charge in [-0.1, -0.05) is 32.0 Å². The van der Waals surface area contributed by atoms with Gasteiger partial charge in [0.15, 0.2) is 0 Å². The van der Waals surface area contributed by atoms with E-state index in [0.717, 1.165) is 11.3 Å². The zero-order chi connectivity index (χ0) is 9.26. The largest absolute Gasteiger partial charge is 0.464 e. The molecular formula is C11H14O2. The molecule has 0 saturated heterocycles. The summed E-state index contributed by atoms with van der Waals surface area (Å²) in [5.74, 6) is 1.36. The van der Waals surface area contributed by atoms with E-state index in [1.165, 1.54) is 0 Å². The van der Waals surface area contributed by atoms with Crippen LogP contribution in [0.1, 0.15) is 19.4 Å². The fraction of sp³-hybridized carbons (Fsp3) is 0.455. The number of hydrogen-bond donors (Lipinski definition) is 0. The summed E-state index contributed by atoms with van der Waals surface area (Å²) in [6, 6.07) is 8.02. The van der Waals surface area contributed by atoms with Crippen molar-refractivity contribution in [3.63, 3.8) is 0 Å². The van der Waals surface area contributed by atoms with Crippen LogP contribution in [0.3, 0.4) is 0 Å². The Morgan fingerprint density at radius 3 is 2.85 bits per heavy atom. The molecule has 1 aliphatic heterocycles. The molecule has 0 bridgehead atoms. The minimum absolute atomic E-state index is 0.0881. The Kier molecular flexibility index (Phi) is 2.23. The molecule has 13 heavy (non-hydrogen) atoms. The molecule has 0 radical (unpaired) electrons. The van der Waals surface area contributed by atoms with E-state index in [9.17, 15) is 0 Å². The lowest BCUT2D eigenvalue weighted by molar-refractivity contribution is -0.132. The van der Waals surface area contributed by atoms with E-state index in [-0.39, 0.29) is 6.29 Å². The molecule has 2 heteroatoms. The van der Waals surface area contributed by atoms with E-state index >= 15 is 0 Å². The zero-order valence-corrected chi connectivity index (χ0v) is 7.99. The normalized spacial score (nSPS) is 21.0. The second kappa shape index (κ2) is 3.38. The van der Waals surface area contributed by atoms with Gasteiger partial charge in [0, 0.05) is 11.5 Å². The highest BCUT2D eigenvalue weighted by Crippen LogP contribution is 2.27. The maximum absolute atomic E-state index is 5.67. The van der Waals surface area contributed by atoms with Crippen LogP contribution in [0.4, 0.5) is 0 Å². The first kappa shape index (κ1) is 8.57. The van der Waals surface area contributed by atoms with Gasteiger partial charge in [-0.2, -0.15) is 0 Å². The topological polar surface area (TPSA) is 18.5 Å². The quantitative estimate of drug-likeness (QED) is 0.658. The highest BCUT2D eigenvalue weighted by molar-refractivity contribution is 5.33. The summed E-state index contributed by atoms with van der Waals surface area (Å²) in [4.78, 5) is 0. The highest BCUT2D eigenvalue weighted by Gasteiger charge is 2.22. The Labute approximate surface area is 78.5 Å². The summed E-state index contributed by atoms with van der Waals surface area (Å²) in [6.07, 6.45) is -0.0881. The van der Waals surface area contributed by atoms with Crippen molar-refractivity contribution in [3.8, 4) is 5.75 Å². The molecule has 0 amide bonds. The summed E-state index contributed by atoms with van der Waals surface area (Å²) in [6.45, 7) is 4.86. The van der Waals surface area contributed by atoms with Crippen molar-refractivity contribution < 1.29 is 9.47 Å². The third-order valence-corrected chi connectivity index (χ3v) is 2.16. The van der Waals surface area contributed by atoms with Gasteiger partial charge < -0.3 is 9.47 Å². The molecule has 0 aliphatic carbocycles. The monoisotopic (exact) mass is 178 g/mol. The van der Waals surface area contributed by atoms with Crippen molar-refractivity contribution >= 4 is 0 Å². The molecule has 0 aromatic heterocycles. The van der Waals surface area contributed by atoms with E-state index in [2.05, 4.69) is 13.8 Å². The lowest BCUT2D eigenvalue weighted by Crippen LogP contribution is -2.30. The number of rotatable bonds is 1. The predicted octanol–water partition coefficient (Wildman–Crippen LogP) is 2.58. The Morgan fingerprint density at radius 1 is 1.31 bits per heavy atom. The lowest BCUT2D eigenvalue weighted by Gasteiger charge is -2.28. The number of benzene rings is 1. The molecule has 1 unspecified atom stereocenters. The van der Waals surface area contributed by atoms with Gasteiger partial charge in [-0.05, 0) is 6.07 Å². The average Bonchev–Trinajstić information content (AvgIpc) is 2.17. The van der Waals surface area contributed by atoms with Crippen molar-refractivity contribution in [1.29, 1.82) is 0 Å². The number of fused-ring (bicyclic) bond motifs is 1. The molecule has 1 atom stereocenters. The van der Waals surface area contributed by atoms with Gasteiger partial charge in [0.05, 0.1) is 6.61 Å². The number of ether oxygens (including phenoxy) is 2. The summed E-state index contributed by atoms with van der Waals surface area (Å²) in [7, 11) is 0. The lowest BCUT2D eigenvalue weighted by atomic mass is 10.1. The molecule has 1 heterocycles. The van der Waals surface area contributed by atoms with Crippen LogP contribution in [0, 0.1) is 5.92 Å². The fourth-order valence-corrected chi connectivity index (χ4v) is 1.40. The van der Waals surface area contributed by atoms with Crippen LogP contribution in [0.25, 0.3) is 0 Å². The second-order valence-corrected chi connectivity index (χ2v) is 3.65. The molecule has 0 spiro atoms. The first-order valence-electron chi connectivity index (χ1n) is 4.63. The van der Waals surface area contributed by atoms with Crippen LogP contribution in [-0.4, -0.2) is 6.29 Å². The number of hydrogen-bond acceptors (Lipinski definition) is 2. The standard InChI is InChI=1S/C11H14O2/c1-8(2)11-12-7-9-5-3-4-6-10(9)13-11/h3-6,8,11H,7H2,1-2H3.